The molecule has 0 aliphatic carbocycles. The zero-order chi connectivity index (χ0) is 29.3. The van der Waals surface area contributed by atoms with Crippen LogP contribution in [0.4, 0.5) is 20.3 Å². The fourth-order valence-electron chi connectivity index (χ4n) is 5.41. The number of benzene rings is 2. The van der Waals surface area contributed by atoms with Crippen LogP contribution in [0.25, 0.3) is 10.9 Å². The van der Waals surface area contributed by atoms with Gasteiger partial charge in [0.2, 0.25) is 0 Å². The third-order valence-electron chi connectivity index (χ3n) is 7.90. The van der Waals surface area contributed by atoms with E-state index in [1.807, 2.05) is 4.90 Å². The Balaban J connectivity index is 1.24. The lowest BCUT2D eigenvalue weighted by molar-refractivity contribution is -0.120. The maximum atomic E-state index is 15.1. The molecule has 0 radical (unpaired) electrons. The van der Waals surface area contributed by atoms with Crippen molar-refractivity contribution in [3.63, 3.8) is 0 Å². The summed E-state index contributed by atoms with van der Waals surface area (Å²) in [7, 11) is 0. The summed E-state index contributed by atoms with van der Waals surface area (Å²) in [5.41, 5.74) is 2.10. The van der Waals surface area contributed by atoms with Crippen LogP contribution in [0.1, 0.15) is 18.1 Å². The number of hydrogen-bond donors (Lipinski definition) is 1. The van der Waals surface area contributed by atoms with Crippen LogP contribution in [0.3, 0.4) is 0 Å². The van der Waals surface area contributed by atoms with Crippen molar-refractivity contribution in [2.24, 2.45) is 5.41 Å². The molecular weight excluding hydrogens is 546 g/mol. The van der Waals surface area contributed by atoms with Gasteiger partial charge in [0.1, 0.15) is 23.7 Å². The van der Waals surface area contributed by atoms with Crippen molar-refractivity contribution in [3.8, 4) is 5.75 Å². The Morgan fingerprint density at radius 2 is 1.93 bits per heavy atom. The molecule has 2 aromatic carbocycles. The fourth-order valence-corrected chi connectivity index (χ4v) is 5.41. The number of rotatable bonds is 10. The molecule has 42 heavy (non-hydrogen) atoms. The van der Waals surface area contributed by atoms with E-state index in [0.717, 1.165) is 0 Å². The first-order valence-corrected chi connectivity index (χ1v) is 14.1. The van der Waals surface area contributed by atoms with E-state index in [1.165, 1.54) is 18.5 Å². The second-order valence-corrected chi connectivity index (χ2v) is 11.6. The fraction of sp³-hybridized carbons (Fsp3) is 0.452. The minimum Gasteiger partial charge on any atom is -0.492 e. The largest absolute Gasteiger partial charge is 0.492 e. The maximum absolute atomic E-state index is 15.1. The number of nitrogens with zero attached hydrogens (tertiary/aromatic N) is 3. The Bertz CT molecular complexity index is 1500. The number of ether oxygens (including phenoxy) is 4. The Kier molecular flexibility index (Phi) is 8.17. The Labute approximate surface area is 242 Å². The number of ketones is 1. The molecule has 0 amide bonds. The topological polar surface area (TPSA) is 95.0 Å². The molecule has 3 fully saturated rings. The SMILES string of the molecule is Cc1cc(Nc2ncnc3cc(OCC4(C)COC4)c(CC(=O)/C(F)=C/CN4C[C@@H]5OCCO[C@@H]5C4)cc23)ccc1F. The molecule has 2 atom stereocenters. The smallest absolute Gasteiger partial charge is 0.195 e. The summed E-state index contributed by atoms with van der Waals surface area (Å²) < 4.78 is 51.9. The zero-order valence-electron chi connectivity index (χ0n) is 23.7. The lowest BCUT2D eigenvalue weighted by atomic mass is 9.90. The van der Waals surface area contributed by atoms with Gasteiger partial charge in [-0.3, -0.25) is 9.69 Å². The minimum atomic E-state index is -0.804. The van der Waals surface area contributed by atoms with E-state index in [1.54, 1.807) is 31.2 Å². The zero-order valence-corrected chi connectivity index (χ0v) is 23.7. The molecule has 1 N–H and O–H groups in total. The molecular formula is C31H34F2N4O5. The standard InChI is InChI=1S/C31H34F2N4O5/c1-19-9-21(3-4-23(19)32)36-30-22-10-20(27(12-25(22)34-18-35-30)42-17-31(2)15-39-16-31)11-26(38)24(33)5-6-37-13-28-29(14-37)41-8-7-40-28/h3-5,9-10,12,18,28-29H,6-8,11,13-17H2,1-2H3,(H,34,35,36)/b24-5-/t28-,29+. The van der Waals surface area contributed by atoms with Gasteiger partial charge in [0.05, 0.1) is 50.8 Å². The van der Waals surface area contributed by atoms with Crippen molar-refractivity contribution in [1.29, 1.82) is 0 Å². The number of carbonyl (C=O) groups is 1. The van der Waals surface area contributed by atoms with E-state index in [2.05, 4.69) is 22.2 Å². The number of aromatic nitrogens is 2. The predicted octanol–water partition coefficient (Wildman–Crippen LogP) is 4.30. The second-order valence-electron chi connectivity index (χ2n) is 11.6. The summed E-state index contributed by atoms with van der Waals surface area (Å²) >= 11 is 0. The molecule has 3 saturated heterocycles. The predicted molar refractivity (Wildman–Crippen MR) is 152 cm³/mol. The van der Waals surface area contributed by atoms with Gasteiger partial charge < -0.3 is 24.3 Å². The quantitative estimate of drug-likeness (QED) is 0.352. The van der Waals surface area contributed by atoms with Gasteiger partial charge in [0.25, 0.3) is 0 Å². The lowest BCUT2D eigenvalue weighted by Crippen LogP contribution is -2.44. The lowest BCUT2D eigenvalue weighted by Gasteiger charge is -2.37. The Morgan fingerprint density at radius 3 is 2.62 bits per heavy atom. The molecule has 6 rings (SSSR count). The van der Waals surface area contributed by atoms with E-state index < -0.39 is 11.6 Å². The molecule has 0 bridgehead atoms. The average Bonchev–Trinajstić information content (AvgIpc) is 3.39. The number of carbonyl (C=O) groups excluding carboxylic acids is 1. The van der Waals surface area contributed by atoms with Gasteiger partial charge in [-0.25, -0.2) is 18.7 Å². The average molecular weight is 581 g/mol. The highest BCUT2D eigenvalue weighted by atomic mass is 19.1. The molecule has 3 aliphatic heterocycles. The summed E-state index contributed by atoms with van der Waals surface area (Å²) in [6, 6.07) is 8.19. The second kappa shape index (κ2) is 12.0. The highest BCUT2D eigenvalue weighted by Crippen LogP contribution is 2.34. The highest BCUT2D eigenvalue weighted by Gasteiger charge is 2.36. The number of halogens is 2. The number of fused-ring (bicyclic) bond motifs is 2. The van der Waals surface area contributed by atoms with E-state index in [4.69, 9.17) is 18.9 Å². The first-order chi connectivity index (χ1) is 20.3. The molecule has 0 spiro atoms. The number of aryl methyl sites for hydroxylation is 1. The van der Waals surface area contributed by atoms with Crippen LogP contribution < -0.4 is 10.1 Å². The van der Waals surface area contributed by atoms with Crippen LogP contribution in [0.2, 0.25) is 0 Å². The molecule has 11 heteroatoms. The van der Waals surface area contributed by atoms with Crippen LogP contribution in [-0.4, -0.2) is 85.5 Å². The highest BCUT2D eigenvalue weighted by molar-refractivity contribution is 5.97. The number of allylic oxidation sites excluding steroid dienone is 1. The van der Waals surface area contributed by atoms with Crippen molar-refractivity contribution in [2.75, 3.05) is 58.0 Å². The normalized spacial score (nSPS) is 22.0. The van der Waals surface area contributed by atoms with Crippen molar-refractivity contribution in [1.82, 2.24) is 14.9 Å². The molecule has 222 valence electrons. The van der Waals surface area contributed by atoms with E-state index >= 15 is 4.39 Å². The number of nitrogens with one attached hydrogen (secondary N) is 1. The summed E-state index contributed by atoms with van der Waals surface area (Å²) in [6.45, 7) is 7.96. The van der Waals surface area contributed by atoms with Crippen LogP contribution in [0, 0.1) is 18.2 Å². The first-order valence-electron chi connectivity index (χ1n) is 14.1. The van der Waals surface area contributed by atoms with Gasteiger partial charge in [-0.2, -0.15) is 0 Å². The molecule has 3 aliphatic rings. The van der Waals surface area contributed by atoms with Crippen molar-refractivity contribution in [2.45, 2.75) is 32.5 Å². The molecule has 1 aromatic heterocycles. The van der Waals surface area contributed by atoms with Gasteiger partial charge in [0, 0.05) is 54.2 Å². The third-order valence-corrected chi connectivity index (χ3v) is 7.90. The Morgan fingerprint density at radius 1 is 1.17 bits per heavy atom. The number of Topliss-reactive ketones (excluding diaryl/α,β-unsaturated/α-hetero) is 1. The molecule has 0 saturated carbocycles. The van der Waals surface area contributed by atoms with E-state index in [0.29, 0.717) is 85.4 Å². The number of hydrogen-bond acceptors (Lipinski definition) is 9. The van der Waals surface area contributed by atoms with Gasteiger partial charge in [-0.15, -0.1) is 0 Å². The summed E-state index contributed by atoms with van der Waals surface area (Å²) in [5.74, 6) is -0.830. The van der Waals surface area contributed by atoms with Crippen molar-refractivity contribution in [3.05, 3.63) is 65.5 Å². The van der Waals surface area contributed by atoms with E-state index in [9.17, 15) is 9.18 Å². The van der Waals surface area contributed by atoms with Crippen LogP contribution in [0.5, 0.6) is 5.75 Å². The first kappa shape index (κ1) is 28.6. The van der Waals surface area contributed by atoms with Gasteiger partial charge >= 0.3 is 0 Å². The Hall–Kier alpha value is -3.51. The number of anilines is 2. The summed E-state index contributed by atoms with van der Waals surface area (Å²) in [5, 5.41) is 3.84. The van der Waals surface area contributed by atoms with Gasteiger partial charge in [-0.05, 0) is 42.8 Å². The van der Waals surface area contributed by atoms with Crippen LogP contribution in [0.15, 0.2) is 48.6 Å². The molecule has 3 aromatic rings. The minimum absolute atomic E-state index is 0.0185. The van der Waals surface area contributed by atoms with Crippen molar-refractivity contribution < 1.29 is 32.5 Å². The van der Waals surface area contributed by atoms with Crippen molar-refractivity contribution >= 4 is 28.2 Å². The van der Waals surface area contributed by atoms with Crippen LogP contribution in [-0.2, 0) is 25.4 Å². The van der Waals surface area contributed by atoms with Gasteiger partial charge in [0.15, 0.2) is 11.6 Å². The monoisotopic (exact) mass is 580 g/mol. The van der Waals surface area contributed by atoms with Crippen LogP contribution >= 0.6 is 0 Å². The van der Waals surface area contributed by atoms with Gasteiger partial charge in [-0.1, -0.05) is 6.92 Å². The maximum Gasteiger partial charge on any atom is 0.195 e. The number of likely N-dealkylation sites (tertiary alicyclic amines) is 1. The van der Waals surface area contributed by atoms with E-state index in [-0.39, 0.29) is 36.4 Å². The molecule has 0 unspecified atom stereocenters. The molecule has 9 nitrogen and oxygen atoms in total. The molecule has 4 heterocycles. The third kappa shape index (κ3) is 6.29. The summed E-state index contributed by atoms with van der Waals surface area (Å²) in [6.07, 6.45) is 2.50. The summed E-state index contributed by atoms with van der Waals surface area (Å²) in [4.78, 5) is 23.9.